The van der Waals surface area contributed by atoms with E-state index >= 15 is 0 Å². The van der Waals surface area contributed by atoms with E-state index in [1.165, 1.54) is 9.44 Å². The highest BCUT2D eigenvalue weighted by atomic mass is 32.1. The lowest BCUT2D eigenvalue weighted by Crippen LogP contribution is -2.28. The van der Waals surface area contributed by atoms with Gasteiger partial charge in [-0.3, -0.25) is 4.79 Å². The summed E-state index contributed by atoms with van der Waals surface area (Å²) in [5, 5.41) is 11.1. The van der Waals surface area contributed by atoms with Crippen LogP contribution >= 0.6 is 11.3 Å². The van der Waals surface area contributed by atoms with Gasteiger partial charge in [0.05, 0.1) is 0 Å². The number of rotatable bonds is 4. The Kier molecular flexibility index (Phi) is 3.85. The number of aromatic nitrogens is 1. The second-order valence-electron chi connectivity index (χ2n) is 4.45. The van der Waals surface area contributed by atoms with Crippen LogP contribution in [0.25, 0.3) is 0 Å². The van der Waals surface area contributed by atoms with Gasteiger partial charge >= 0.3 is 5.97 Å². The van der Waals surface area contributed by atoms with Gasteiger partial charge in [-0.05, 0) is 42.8 Å². The average molecular weight is 277 g/mol. The van der Waals surface area contributed by atoms with Gasteiger partial charge in [0.25, 0.3) is 5.56 Å². The first-order valence-electron chi connectivity index (χ1n) is 5.97. The van der Waals surface area contributed by atoms with Crippen LogP contribution in [0, 0.1) is 13.8 Å². The van der Waals surface area contributed by atoms with Crippen molar-refractivity contribution in [1.82, 2.24) is 4.57 Å². The summed E-state index contributed by atoms with van der Waals surface area (Å²) in [6.07, 6.45) is 2.47. The van der Waals surface area contributed by atoms with Crippen LogP contribution in [-0.4, -0.2) is 15.6 Å². The third kappa shape index (κ3) is 2.76. The minimum absolute atomic E-state index is 0.119. The summed E-state index contributed by atoms with van der Waals surface area (Å²) >= 11 is 1.63. The van der Waals surface area contributed by atoms with Crippen LogP contribution in [0.4, 0.5) is 0 Å². The Bertz CT molecular complexity index is 656. The van der Waals surface area contributed by atoms with Gasteiger partial charge in [0.1, 0.15) is 5.56 Å². The first kappa shape index (κ1) is 13.5. The Hall–Kier alpha value is -1.88. The zero-order chi connectivity index (χ0) is 14.0. The molecule has 4 nitrogen and oxygen atoms in total. The average Bonchev–Trinajstić information content (AvgIpc) is 2.85. The maximum atomic E-state index is 12.1. The molecule has 0 aliphatic rings. The van der Waals surface area contributed by atoms with E-state index in [9.17, 15) is 9.59 Å². The molecule has 0 saturated heterocycles. The van der Waals surface area contributed by atoms with Crippen LogP contribution in [0.2, 0.25) is 0 Å². The van der Waals surface area contributed by atoms with E-state index in [0.29, 0.717) is 12.1 Å². The molecular formula is C14H15NO3S. The molecule has 0 fully saturated rings. The minimum atomic E-state index is -1.16. The molecule has 0 aromatic carbocycles. The summed E-state index contributed by atoms with van der Waals surface area (Å²) in [5.41, 5.74) is 0.825. The topological polar surface area (TPSA) is 59.3 Å². The van der Waals surface area contributed by atoms with Crippen molar-refractivity contribution in [3.05, 3.63) is 55.6 Å². The fraction of sp³-hybridized carbons (Fsp3) is 0.286. The quantitative estimate of drug-likeness (QED) is 0.934. The van der Waals surface area contributed by atoms with Crippen molar-refractivity contribution in [2.24, 2.45) is 0 Å². The molecule has 0 saturated carbocycles. The SMILES string of the molecule is Cc1cn(CCc2cccs2)c(=O)c(C(=O)O)c1C. The summed E-state index contributed by atoms with van der Waals surface area (Å²) in [6.45, 7) is 3.99. The first-order valence-corrected chi connectivity index (χ1v) is 6.85. The van der Waals surface area contributed by atoms with Crippen LogP contribution < -0.4 is 5.56 Å². The molecule has 19 heavy (non-hydrogen) atoms. The molecule has 0 atom stereocenters. The van der Waals surface area contributed by atoms with Crippen molar-refractivity contribution >= 4 is 17.3 Å². The second-order valence-corrected chi connectivity index (χ2v) is 5.48. The predicted molar refractivity (Wildman–Crippen MR) is 75.2 cm³/mol. The van der Waals surface area contributed by atoms with E-state index in [1.807, 2.05) is 24.4 Å². The Morgan fingerprint density at radius 2 is 2.16 bits per heavy atom. The highest BCUT2D eigenvalue weighted by molar-refractivity contribution is 7.09. The molecule has 0 radical (unpaired) electrons. The third-order valence-electron chi connectivity index (χ3n) is 3.18. The maximum Gasteiger partial charge on any atom is 0.341 e. The third-order valence-corrected chi connectivity index (χ3v) is 4.12. The van der Waals surface area contributed by atoms with Crippen LogP contribution in [0.5, 0.6) is 0 Å². The zero-order valence-electron chi connectivity index (χ0n) is 10.8. The fourth-order valence-electron chi connectivity index (χ4n) is 1.99. The lowest BCUT2D eigenvalue weighted by molar-refractivity contribution is 0.0693. The largest absolute Gasteiger partial charge is 0.477 e. The lowest BCUT2D eigenvalue weighted by atomic mass is 10.1. The summed E-state index contributed by atoms with van der Waals surface area (Å²) in [5.74, 6) is -1.16. The van der Waals surface area contributed by atoms with E-state index in [1.54, 1.807) is 24.5 Å². The lowest BCUT2D eigenvalue weighted by Gasteiger charge is -2.11. The van der Waals surface area contributed by atoms with Gasteiger partial charge in [-0.15, -0.1) is 11.3 Å². The number of carboxylic acids is 1. The molecule has 0 unspecified atom stereocenters. The van der Waals surface area contributed by atoms with Gasteiger partial charge in [-0.2, -0.15) is 0 Å². The van der Waals surface area contributed by atoms with Crippen molar-refractivity contribution in [2.75, 3.05) is 0 Å². The van der Waals surface area contributed by atoms with E-state index in [4.69, 9.17) is 5.11 Å². The highest BCUT2D eigenvalue weighted by Crippen LogP contribution is 2.12. The van der Waals surface area contributed by atoms with Gasteiger partial charge in [-0.1, -0.05) is 6.07 Å². The van der Waals surface area contributed by atoms with E-state index in [-0.39, 0.29) is 5.56 Å². The first-order chi connectivity index (χ1) is 9.00. The Balaban J connectivity index is 2.36. The molecular weight excluding hydrogens is 262 g/mol. The normalized spacial score (nSPS) is 10.6. The summed E-state index contributed by atoms with van der Waals surface area (Å²) in [6, 6.07) is 3.97. The number of thiophene rings is 1. The second kappa shape index (κ2) is 5.40. The summed E-state index contributed by atoms with van der Waals surface area (Å²) in [7, 11) is 0. The van der Waals surface area contributed by atoms with Gasteiger partial charge in [-0.25, -0.2) is 4.79 Å². The van der Waals surface area contributed by atoms with Crippen molar-refractivity contribution in [3.63, 3.8) is 0 Å². The standard InChI is InChI=1S/C14H15NO3S/c1-9-8-15(6-5-11-4-3-7-19-11)13(16)12(10(9)2)14(17)18/h3-4,7-8H,5-6H2,1-2H3,(H,17,18). The van der Waals surface area contributed by atoms with E-state index in [2.05, 4.69) is 0 Å². The molecule has 0 amide bonds. The van der Waals surface area contributed by atoms with Crippen molar-refractivity contribution < 1.29 is 9.90 Å². The number of nitrogens with zero attached hydrogens (tertiary/aromatic N) is 1. The van der Waals surface area contributed by atoms with E-state index in [0.717, 1.165) is 12.0 Å². The van der Waals surface area contributed by atoms with Gasteiger partial charge in [0.2, 0.25) is 0 Å². The molecule has 2 aromatic heterocycles. The van der Waals surface area contributed by atoms with Crippen LogP contribution in [0.1, 0.15) is 26.4 Å². The van der Waals surface area contributed by atoms with Crippen LogP contribution in [-0.2, 0) is 13.0 Å². The number of carbonyl (C=O) groups is 1. The number of hydrogen-bond donors (Lipinski definition) is 1. The molecule has 2 rings (SSSR count). The molecule has 2 aromatic rings. The van der Waals surface area contributed by atoms with Gasteiger partial charge < -0.3 is 9.67 Å². The van der Waals surface area contributed by atoms with Gasteiger partial charge in [0, 0.05) is 17.6 Å². The molecule has 0 bridgehead atoms. The summed E-state index contributed by atoms with van der Waals surface area (Å²) in [4.78, 5) is 24.5. The monoisotopic (exact) mass is 277 g/mol. The fourth-order valence-corrected chi connectivity index (χ4v) is 2.69. The summed E-state index contributed by atoms with van der Waals surface area (Å²) < 4.78 is 1.49. The van der Waals surface area contributed by atoms with Gasteiger partial charge in [0.15, 0.2) is 0 Å². The number of carboxylic acid groups (broad SMARTS) is 1. The number of hydrogen-bond acceptors (Lipinski definition) is 3. The van der Waals surface area contributed by atoms with Crippen molar-refractivity contribution in [3.8, 4) is 0 Å². The maximum absolute atomic E-state index is 12.1. The Morgan fingerprint density at radius 1 is 1.42 bits per heavy atom. The zero-order valence-corrected chi connectivity index (χ0v) is 11.7. The van der Waals surface area contributed by atoms with Crippen LogP contribution in [0.15, 0.2) is 28.5 Å². The number of pyridine rings is 1. The highest BCUT2D eigenvalue weighted by Gasteiger charge is 2.16. The number of aromatic carboxylic acids is 1. The van der Waals surface area contributed by atoms with Crippen molar-refractivity contribution in [2.45, 2.75) is 26.8 Å². The molecule has 5 heteroatoms. The number of aryl methyl sites for hydroxylation is 3. The predicted octanol–water partition coefficient (Wildman–Crippen LogP) is 2.47. The smallest absolute Gasteiger partial charge is 0.341 e. The molecule has 0 aliphatic heterocycles. The molecule has 2 heterocycles. The molecule has 1 N–H and O–H groups in total. The Morgan fingerprint density at radius 3 is 2.74 bits per heavy atom. The molecule has 0 spiro atoms. The Labute approximate surface area is 115 Å². The molecule has 100 valence electrons. The molecule has 0 aliphatic carbocycles. The van der Waals surface area contributed by atoms with E-state index < -0.39 is 11.5 Å². The van der Waals surface area contributed by atoms with Crippen molar-refractivity contribution in [1.29, 1.82) is 0 Å². The van der Waals surface area contributed by atoms with Crippen LogP contribution in [0.3, 0.4) is 0 Å². The minimum Gasteiger partial charge on any atom is -0.477 e.